The molecule has 20 heavy (non-hydrogen) atoms. The van der Waals surface area contributed by atoms with Gasteiger partial charge in [-0.3, -0.25) is 4.98 Å². The largest absolute Gasteiger partial charge is 0.461 e. The molecule has 2 aromatic rings. The smallest absolute Gasteiger partial charge is 0.350 e. The van der Waals surface area contributed by atoms with Crippen molar-refractivity contribution in [3.8, 4) is 10.6 Å². The standard InChI is InChI=1S/C15H18N2O2S/c1-3-4-5-9-19-15(18)13-11(2)17-14(20-13)12-7-6-8-16-10-12/h6-8,10H,3-5,9H2,1-2H3. The lowest BCUT2D eigenvalue weighted by atomic mass is 10.3. The highest BCUT2D eigenvalue weighted by molar-refractivity contribution is 7.17. The van der Waals surface area contributed by atoms with E-state index in [1.165, 1.54) is 11.3 Å². The minimum atomic E-state index is -0.272. The van der Waals surface area contributed by atoms with E-state index in [0.29, 0.717) is 17.2 Å². The van der Waals surface area contributed by atoms with Gasteiger partial charge in [0.15, 0.2) is 0 Å². The Morgan fingerprint density at radius 2 is 2.25 bits per heavy atom. The number of unbranched alkanes of at least 4 members (excludes halogenated alkanes) is 2. The van der Waals surface area contributed by atoms with E-state index in [4.69, 9.17) is 4.74 Å². The summed E-state index contributed by atoms with van der Waals surface area (Å²) < 4.78 is 5.28. The van der Waals surface area contributed by atoms with Crippen LogP contribution in [0.15, 0.2) is 24.5 Å². The van der Waals surface area contributed by atoms with Crippen molar-refractivity contribution >= 4 is 17.3 Å². The van der Waals surface area contributed by atoms with Crippen LogP contribution in [0.5, 0.6) is 0 Å². The van der Waals surface area contributed by atoms with E-state index < -0.39 is 0 Å². The van der Waals surface area contributed by atoms with Gasteiger partial charge in [0.2, 0.25) is 0 Å². The number of esters is 1. The zero-order valence-electron chi connectivity index (χ0n) is 11.8. The van der Waals surface area contributed by atoms with Gasteiger partial charge in [0.1, 0.15) is 9.88 Å². The lowest BCUT2D eigenvalue weighted by molar-refractivity contribution is 0.0503. The molecule has 0 atom stereocenters. The summed E-state index contributed by atoms with van der Waals surface area (Å²) in [5, 5.41) is 0.802. The molecule has 0 aliphatic heterocycles. The summed E-state index contributed by atoms with van der Waals surface area (Å²) in [5.74, 6) is -0.272. The number of hydrogen-bond acceptors (Lipinski definition) is 5. The van der Waals surface area contributed by atoms with Gasteiger partial charge in [0, 0.05) is 18.0 Å². The molecule has 4 nitrogen and oxygen atoms in total. The third-order valence-corrected chi connectivity index (χ3v) is 4.06. The molecule has 106 valence electrons. The van der Waals surface area contributed by atoms with Gasteiger partial charge in [-0.25, -0.2) is 9.78 Å². The molecule has 0 aliphatic carbocycles. The topological polar surface area (TPSA) is 52.1 Å². The van der Waals surface area contributed by atoms with Crippen molar-refractivity contribution in [1.29, 1.82) is 0 Å². The summed E-state index contributed by atoms with van der Waals surface area (Å²) in [6.07, 6.45) is 6.56. The number of aryl methyl sites for hydroxylation is 1. The number of carbonyl (C=O) groups is 1. The Labute approximate surface area is 122 Å². The van der Waals surface area contributed by atoms with Gasteiger partial charge < -0.3 is 4.74 Å². The summed E-state index contributed by atoms with van der Waals surface area (Å²) in [6.45, 7) is 4.43. The van der Waals surface area contributed by atoms with Gasteiger partial charge >= 0.3 is 5.97 Å². The fraction of sp³-hybridized carbons (Fsp3) is 0.400. The number of aromatic nitrogens is 2. The highest BCUT2D eigenvalue weighted by Crippen LogP contribution is 2.27. The predicted octanol–water partition coefficient (Wildman–Crippen LogP) is 3.86. The van der Waals surface area contributed by atoms with Gasteiger partial charge in [0.05, 0.1) is 12.3 Å². The molecule has 5 heteroatoms. The number of pyridine rings is 1. The average Bonchev–Trinajstić information content (AvgIpc) is 2.86. The second-order valence-electron chi connectivity index (χ2n) is 4.52. The van der Waals surface area contributed by atoms with Gasteiger partial charge in [-0.1, -0.05) is 19.8 Å². The Bertz CT molecular complexity index is 567. The summed E-state index contributed by atoms with van der Waals surface area (Å²) in [6, 6.07) is 3.79. The van der Waals surface area contributed by atoms with Crippen molar-refractivity contribution in [3.05, 3.63) is 35.1 Å². The summed E-state index contributed by atoms with van der Waals surface area (Å²) in [4.78, 5) is 21.1. The molecule has 2 rings (SSSR count). The molecule has 0 radical (unpaired) electrons. The molecule has 2 aromatic heterocycles. The number of carbonyl (C=O) groups excluding carboxylic acids is 1. The Kier molecular flexibility index (Phi) is 5.24. The Balaban J connectivity index is 2.06. The van der Waals surface area contributed by atoms with Gasteiger partial charge in [-0.15, -0.1) is 11.3 Å². The first-order chi connectivity index (χ1) is 9.72. The van der Waals surface area contributed by atoms with Crippen molar-refractivity contribution in [2.45, 2.75) is 33.1 Å². The van der Waals surface area contributed by atoms with E-state index in [0.717, 1.165) is 29.8 Å². The quantitative estimate of drug-likeness (QED) is 0.599. The number of thiazole rings is 1. The van der Waals surface area contributed by atoms with Crippen LogP contribution in [0.3, 0.4) is 0 Å². The van der Waals surface area contributed by atoms with E-state index >= 15 is 0 Å². The number of nitrogens with zero attached hydrogens (tertiary/aromatic N) is 2. The number of rotatable bonds is 6. The molecule has 0 amide bonds. The molecule has 0 bridgehead atoms. The number of ether oxygens (including phenoxy) is 1. The second-order valence-corrected chi connectivity index (χ2v) is 5.52. The summed E-state index contributed by atoms with van der Waals surface area (Å²) in [5.41, 5.74) is 1.64. The van der Waals surface area contributed by atoms with Crippen molar-refractivity contribution in [1.82, 2.24) is 9.97 Å². The first-order valence-electron chi connectivity index (χ1n) is 6.77. The van der Waals surface area contributed by atoms with Gasteiger partial charge in [0.25, 0.3) is 0 Å². The van der Waals surface area contributed by atoms with E-state index in [1.807, 2.05) is 19.1 Å². The molecule has 0 N–H and O–H groups in total. The first kappa shape index (κ1) is 14.7. The molecule has 0 spiro atoms. The van der Waals surface area contributed by atoms with Crippen LogP contribution in [0.2, 0.25) is 0 Å². The van der Waals surface area contributed by atoms with Crippen molar-refractivity contribution in [2.75, 3.05) is 6.61 Å². The van der Waals surface area contributed by atoms with Crippen molar-refractivity contribution < 1.29 is 9.53 Å². The summed E-state index contributed by atoms with van der Waals surface area (Å²) in [7, 11) is 0. The normalized spacial score (nSPS) is 10.5. The fourth-order valence-electron chi connectivity index (χ4n) is 1.78. The highest BCUT2D eigenvalue weighted by atomic mass is 32.1. The third-order valence-electron chi connectivity index (χ3n) is 2.87. The second kappa shape index (κ2) is 7.14. The molecule has 0 saturated carbocycles. The van der Waals surface area contributed by atoms with E-state index in [-0.39, 0.29) is 5.97 Å². The van der Waals surface area contributed by atoms with E-state index in [9.17, 15) is 4.79 Å². The third kappa shape index (κ3) is 3.63. The van der Waals surface area contributed by atoms with Crippen LogP contribution in [-0.4, -0.2) is 22.5 Å². The zero-order chi connectivity index (χ0) is 14.4. The van der Waals surface area contributed by atoms with Crippen LogP contribution >= 0.6 is 11.3 Å². The van der Waals surface area contributed by atoms with Crippen molar-refractivity contribution in [2.24, 2.45) is 0 Å². The molecule has 0 aromatic carbocycles. The lowest BCUT2D eigenvalue weighted by Gasteiger charge is -2.02. The number of hydrogen-bond donors (Lipinski definition) is 0. The van der Waals surface area contributed by atoms with Gasteiger partial charge in [-0.05, 0) is 25.5 Å². The molecular formula is C15H18N2O2S. The Hall–Kier alpha value is -1.75. The average molecular weight is 290 g/mol. The Morgan fingerprint density at radius 1 is 1.40 bits per heavy atom. The molecule has 0 fully saturated rings. The minimum absolute atomic E-state index is 0.272. The van der Waals surface area contributed by atoms with Crippen molar-refractivity contribution in [3.63, 3.8) is 0 Å². The molecule has 2 heterocycles. The maximum atomic E-state index is 12.0. The van der Waals surface area contributed by atoms with Crippen LogP contribution in [0.25, 0.3) is 10.6 Å². The molecule has 0 saturated heterocycles. The van der Waals surface area contributed by atoms with Crippen LogP contribution in [0, 0.1) is 6.92 Å². The lowest BCUT2D eigenvalue weighted by Crippen LogP contribution is -2.05. The fourth-order valence-corrected chi connectivity index (χ4v) is 2.73. The minimum Gasteiger partial charge on any atom is -0.461 e. The Morgan fingerprint density at radius 3 is 2.95 bits per heavy atom. The zero-order valence-corrected chi connectivity index (χ0v) is 12.6. The predicted molar refractivity (Wildman–Crippen MR) is 79.9 cm³/mol. The van der Waals surface area contributed by atoms with Crippen LogP contribution in [0.4, 0.5) is 0 Å². The SMILES string of the molecule is CCCCCOC(=O)c1sc(-c2cccnc2)nc1C. The molecular weight excluding hydrogens is 272 g/mol. The van der Waals surface area contributed by atoms with Crippen LogP contribution < -0.4 is 0 Å². The molecule has 0 aliphatic rings. The maximum Gasteiger partial charge on any atom is 0.350 e. The van der Waals surface area contributed by atoms with Crippen LogP contribution in [0.1, 0.15) is 41.6 Å². The first-order valence-corrected chi connectivity index (χ1v) is 7.59. The van der Waals surface area contributed by atoms with Gasteiger partial charge in [-0.2, -0.15) is 0 Å². The van der Waals surface area contributed by atoms with Crippen LogP contribution in [-0.2, 0) is 4.74 Å². The maximum absolute atomic E-state index is 12.0. The summed E-state index contributed by atoms with van der Waals surface area (Å²) >= 11 is 1.36. The highest BCUT2D eigenvalue weighted by Gasteiger charge is 2.17. The molecule has 0 unspecified atom stereocenters. The van der Waals surface area contributed by atoms with E-state index in [1.54, 1.807) is 12.4 Å². The van der Waals surface area contributed by atoms with E-state index in [2.05, 4.69) is 16.9 Å². The monoisotopic (exact) mass is 290 g/mol.